The molecule has 9 heteroatoms. The van der Waals surface area contributed by atoms with Gasteiger partial charge in [-0.1, -0.05) is 29.3 Å². The van der Waals surface area contributed by atoms with Crippen molar-refractivity contribution in [2.75, 3.05) is 10.6 Å². The first-order valence-corrected chi connectivity index (χ1v) is 10.7. The summed E-state index contributed by atoms with van der Waals surface area (Å²) in [6.07, 6.45) is 1.42. The zero-order valence-electron chi connectivity index (χ0n) is 16.1. The molecule has 0 spiro atoms. The summed E-state index contributed by atoms with van der Waals surface area (Å²) >= 11 is 13.5. The lowest BCUT2D eigenvalue weighted by Crippen LogP contribution is -2.15. The van der Waals surface area contributed by atoms with E-state index in [1.54, 1.807) is 53.9 Å². The number of aromatic nitrogens is 1. The number of rotatable bonds is 5. The molecule has 2 amide bonds. The SMILES string of the molecule is Cc1ccc(C(=O)Nc2nc(-c3ccc(Cl)cc3Cl)cs2)cc1NC(=O)c1ccco1. The van der Waals surface area contributed by atoms with E-state index in [2.05, 4.69) is 15.6 Å². The van der Waals surface area contributed by atoms with Crippen molar-refractivity contribution in [3.63, 3.8) is 0 Å². The second-order valence-corrected chi connectivity index (χ2v) is 8.28. The lowest BCUT2D eigenvalue weighted by Gasteiger charge is -2.09. The van der Waals surface area contributed by atoms with Gasteiger partial charge < -0.3 is 9.73 Å². The zero-order chi connectivity index (χ0) is 22.0. The van der Waals surface area contributed by atoms with Gasteiger partial charge in [0.15, 0.2) is 10.9 Å². The number of carbonyl (C=O) groups is 2. The molecule has 2 N–H and O–H groups in total. The number of furan rings is 1. The van der Waals surface area contributed by atoms with Crippen molar-refractivity contribution in [1.29, 1.82) is 0 Å². The van der Waals surface area contributed by atoms with Crippen LogP contribution in [0.2, 0.25) is 10.0 Å². The predicted molar refractivity (Wildman–Crippen MR) is 123 cm³/mol. The van der Waals surface area contributed by atoms with Crippen LogP contribution in [0.5, 0.6) is 0 Å². The van der Waals surface area contributed by atoms with Gasteiger partial charge in [-0.25, -0.2) is 4.98 Å². The third kappa shape index (κ3) is 4.80. The Hall–Kier alpha value is -3.13. The average Bonchev–Trinajstić information content (AvgIpc) is 3.42. The highest BCUT2D eigenvalue weighted by Crippen LogP contribution is 2.32. The number of hydrogen-bond acceptors (Lipinski definition) is 5. The van der Waals surface area contributed by atoms with Gasteiger partial charge in [0.05, 0.1) is 17.0 Å². The predicted octanol–water partition coefficient (Wildman–Crippen LogP) is 6.52. The van der Waals surface area contributed by atoms with Crippen LogP contribution in [0.4, 0.5) is 10.8 Å². The van der Waals surface area contributed by atoms with Gasteiger partial charge in [-0.15, -0.1) is 11.3 Å². The van der Waals surface area contributed by atoms with Crippen LogP contribution in [0.3, 0.4) is 0 Å². The van der Waals surface area contributed by atoms with Crippen molar-refractivity contribution in [2.45, 2.75) is 6.92 Å². The van der Waals surface area contributed by atoms with E-state index in [0.717, 1.165) is 11.1 Å². The Morgan fingerprint density at radius 2 is 1.87 bits per heavy atom. The van der Waals surface area contributed by atoms with Crippen LogP contribution in [0, 0.1) is 6.92 Å². The van der Waals surface area contributed by atoms with Gasteiger partial charge in [-0.3, -0.25) is 14.9 Å². The summed E-state index contributed by atoms with van der Waals surface area (Å²) < 4.78 is 5.10. The first-order chi connectivity index (χ1) is 14.9. The lowest BCUT2D eigenvalue weighted by atomic mass is 10.1. The first kappa shape index (κ1) is 21.1. The van der Waals surface area contributed by atoms with E-state index in [9.17, 15) is 9.59 Å². The van der Waals surface area contributed by atoms with Crippen LogP contribution in [0.1, 0.15) is 26.5 Å². The minimum atomic E-state index is -0.393. The molecule has 2 heterocycles. The smallest absolute Gasteiger partial charge is 0.291 e. The molecule has 2 aromatic carbocycles. The number of hydrogen-bond donors (Lipinski definition) is 2. The molecule has 6 nitrogen and oxygen atoms in total. The van der Waals surface area contributed by atoms with Crippen molar-refractivity contribution in [2.24, 2.45) is 0 Å². The number of nitrogens with zero attached hydrogens (tertiary/aromatic N) is 1. The molecule has 156 valence electrons. The van der Waals surface area contributed by atoms with E-state index >= 15 is 0 Å². The average molecular weight is 472 g/mol. The summed E-state index contributed by atoms with van der Waals surface area (Å²) in [6.45, 7) is 1.84. The molecule has 0 bridgehead atoms. The van der Waals surface area contributed by atoms with E-state index in [1.165, 1.54) is 17.6 Å². The highest BCUT2D eigenvalue weighted by molar-refractivity contribution is 7.14. The molecule has 4 aromatic rings. The normalized spacial score (nSPS) is 10.7. The van der Waals surface area contributed by atoms with Crippen molar-refractivity contribution < 1.29 is 14.0 Å². The number of halogens is 2. The molecular formula is C22H15Cl2N3O3S. The molecule has 0 saturated heterocycles. The zero-order valence-corrected chi connectivity index (χ0v) is 18.4. The molecular weight excluding hydrogens is 457 g/mol. The molecule has 0 aliphatic heterocycles. The number of aryl methyl sites for hydroxylation is 1. The van der Waals surface area contributed by atoms with Gasteiger partial charge in [-0.2, -0.15) is 0 Å². The number of nitrogens with one attached hydrogen (secondary N) is 2. The Morgan fingerprint density at radius 1 is 1.03 bits per heavy atom. The highest BCUT2D eigenvalue weighted by Gasteiger charge is 2.15. The molecule has 0 fully saturated rings. The fourth-order valence-corrected chi connectivity index (χ4v) is 4.02. The van der Waals surface area contributed by atoms with Gasteiger partial charge in [-0.05, 0) is 55.0 Å². The molecule has 0 aliphatic carbocycles. The summed E-state index contributed by atoms with van der Waals surface area (Å²) in [5.74, 6) is -0.558. The Bertz CT molecular complexity index is 1270. The maximum atomic E-state index is 12.7. The maximum absolute atomic E-state index is 12.7. The molecule has 0 unspecified atom stereocenters. The minimum Gasteiger partial charge on any atom is -0.459 e. The van der Waals surface area contributed by atoms with Crippen LogP contribution in [0.15, 0.2) is 64.6 Å². The number of carbonyl (C=O) groups excluding carboxylic acids is 2. The maximum Gasteiger partial charge on any atom is 0.291 e. The fourth-order valence-electron chi connectivity index (χ4n) is 2.81. The Kier molecular flexibility index (Phi) is 6.08. The Morgan fingerprint density at radius 3 is 2.61 bits per heavy atom. The van der Waals surface area contributed by atoms with Crippen LogP contribution in [-0.2, 0) is 0 Å². The Labute approximate surface area is 191 Å². The summed E-state index contributed by atoms with van der Waals surface area (Å²) in [7, 11) is 0. The van der Waals surface area contributed by atoms with Crippen molar-refractivity contribution in [1.82, 2.24) is 4.98 Å². The standard InChI is InChI=1S/C22H15Cl2N3O3S/c1-12-4-5-13(9-17(12)25-21(29)19-3-2-8-30-19)20(28)27-22-26-18(11-31-22)15-7-6-14(23)10-16(15)24/h2-11H,1H3,(H,25,29)(H,26,27,28). The van der Waals surface area contributed by atoms with E-state index in [4.69, 9.17) is 27.6 Å². The number of benzene rings is 2. The van der Waals surface area contributed by atoms with Crippen LogP contribution in [0.25, 0.3) is 11.3 Å². The number of thiazole rings is 1. The quantitative estimate of drug-likeness (QED) is 0.346. The van der Waals surface area contributed by atoms with Crippen LogP contribution in [-0.4, -0.2) is 16.8 Å². The monoisotopic (exact) mass is 471 g/mol. The van der Waals surface area contributed by atoms with Gasteiger partial charge >= 0.3 is 0 Å². The minimum absolute atomic E-state index is 0.186. The van der Waals surface area contributed by atoms with Crippen molar-refractivity contribution in [3.05, 3.63) is 87.1 Å². The molecule has 31 heavy (non-hydrogen) atoms. The van der Waals surface area contributed by atoms with Gasteiger partial charge in [0, 0.05) is 27.2 Å². The van der Waals surface area contributed by atoms with E-state index in [1.807, 2.05) is 6.92 Å². The lowest BCUT2D eigenvalue weighted by molar-refractivity contribution is 0.0993. The van der Waals surface area contributed by atoms with Crippen molar-refractivity contribution in [3.8, 4) is 11.3 Å². The van der Waals surface area contributed by atoms with Crippen LogP contribution >= 0.6 is 34.5 Å². The number of anilines is 2. The van der Waals surface area contributed by atoms with Crippen molar-refractivity contribution >= 4 is 57.2 Å². The third-order valence-corrected chi connectivity index (χ3v) is 5.73. The van der Waals surface area contributed by atoms with Gasteiger partial charge in [0.25, 0.3) is 11.8 Å². The molecule has 0 saturated carbocycles. The second-order valence-electron chi connectivity index (χ2n) is 6.58. The molecule has 2 aromatic heterocycles. The third-order valence-electron chi connectivity index (χ3n) is 4.42. The Balaban J connectivity index is 1.50. The largest absolute Gasteiger partial charge is 0.459 e. The topological polar surface area (TPSA) is 84.2 Å². The van der Waals surface area contributed by atoms with Gasteiger partial charge in [0.1, 0.15) is 0 Å². The summed E-state index contributed by atoms with van der Waals surface area (Å²) in [5, 5.41) is 8.77. The molecule has 4 rings (SSSR count). The molecule has 0 radical (unpaired) electrons. The highest BCUT2D eigenvalue weighted by atomic mass is 35.5. The molecule has 0 atom stereocenters. The fraction of sp³-hybridized carbons (Fsp3) is 0.0455. The summed E-state index contributed by atoms with van der Waals surface area (Å²) in [4.78, 5) is 29.4. The van der Waals surface area contributed by atoms with E-state index in [-0.39, 0.29) is 11.7 Å². The van der Waals surface area contributed by atoms with Gasteiger partial charge in [0.2, 0.25) is 0 Å². The van der Waals surface area contributed by atoms with E-state index < -0.39 is 5.91 Å². The first-order valence-electron chi connectivity index (χ1n) is 9.08. The van der Waals surface area contributed by atoms with Crippen LogP contribution < -0.4 is 10.6 Å². The number of amides is 2. The second kappa shape index (κ2) is 8.93. The molecule has 0 aliphatic rings. The summed E-state index contributed by atoms with van der Waals surface area (Å²) in [6, 6.07) is 13.4. The summed E-state index contributed by atoms with van der Waals surface area (Å²) in [5.41, 5.74) is 3.06. The van der Waals surface area contributed by atoms with E-state index in [0.29, 0.717) is 32.1 Å².